The minimum absolute atomic E-state index is 0.0370. The van der Waals surface area contributed by atoms with Crippen molar-refractivity contribution in [3.8, 4) is 6.07 Å². The van der Waals surface area contributed by atoms with Crippen LogP contribution in [0.4, 0.5) is 0 Å². The molecule has 2 fully saturated rings. The zero-order valence-electron chi connectivity index (χ0n) is 14.9. The number of amides is 2. The van der Waals surface area contributed by atoms with Crippen molar-refractivity contribution in [2.45, 2.75) is 13.0 Å². The highest BCUT2D eigenvalue weighted by atomic mass is 16.2. The minimum atomic E-state index is -0.228. The van der Waals surface area contributed by atoms with Crippen LogP contribution in [0.15, 0.2) is 36.9 Å². The van der Waals surface area contributed by atoms with Crippen molar-refractivity contribution in [1.82, 2.24) is 14.7 Å². The molecule has 0 N–H and O–H groups in total. The van der Waals surface area contributed by atoms with Crippen molar-refractivity contribution < 1.29 is 9.59 Å². The largest absolute Gasteiger partial charge is 0.340 e. The molecular formula is C20H24N4O2. The van der Waals surface area contributed by atoms with E-state index in [4.69, 9.17) is 0 Å². The second kappa shape index (κ2) is 8.15. The fraction of sp³-hybridized carbons (Fsp3) is 0.450. The van der Waals surface area contributed by atoms with Gasteiger partial charge in [-0.15, -0.1) is 6.58 Å². The molecule has 1 atom stereocenters. The molecule has 0 aromatic heterocycles. The Balaban J connectivity index is 1.52. The van der Waals surface area contributed by atoms with E-state index in [9.17, 15) is 14.9 Å². The van der Waals surface area contributed by atoms with Crippen LogP contribution in [-0.2, 0) is 16.1 Å². The molecule has 2 saturated heterocycles. The first-order valence-electron chi connectivity index (χ1n) is 9.00. The van der Waals surface area contributed by atoms with Crippen LogP contribution in [0.5, 0.6) is 0 Å². The molecule has 1 aromatic carbocycles. The van der Waals surface area contributed by atoms with Crippen LogP contribution in [0.1, 0.15) is 17.5 Å². The Morgan fingerprint density at radius 2 is 2.00 bits per heavy atom. The molecule has 2 aliphatic heterocycles. The molecule has 0 bridgehead atoms. The maximum absolute atomic E-state index is 12.7. The fourth-order valence-electron chi connectivity index (χ4n) is 3.66. The first kappa shape index (κ1) is 18.2. The van der Waals surface area contributed by atoms with E-state index < -0.39 is 0 Å². The molecule has 0 aliphatic carbocycles. The Morgan fingerprint density at radius 3 is 2.69 bits per heavy atom. The normalized spacial score (nSPS) is 20.9. The Kier molecular flexibility index (Phi) is 5.69. The fourth-order valence-corrected chi connectivity index (χ4v) is 3.66. The number of likely N-dealkylation sites (tertiary alicyclic amines) is 1. The van der Waals surface area contributed by atoms with Crippen LogP contribution in [0, 0.1) is 17.2 Å². The molecule has 3 rings (SSSR count). The number of piperazine rings is 1. The predicted molar refractivity (Wildman–Crippen MR) is 97.9 cm³/mol. The SMILES string of the molecule is C=CCN1C[C@@H](C(=O)N2CCN(Cc3ccccc3C#N)CC2)CC1=O. The molecule has 6 heteroatoms. The monoisotopic (exact) mass is 352 g/mol. The van der Waals surface area contributed by atoms with Crippen LogP contribution in [0.2, 0.25) is 0 Å². The van der Waals surface area contributed by atoms with Gasteiger partial charge < -0.3 is 9.80 Å². The van der Waals surface area contributed by atoms with E-state index in [0.29, 0.717) is 38.2 Å². The maximum atomic E-state index is 12.7. The van der Waals surface area contributed by atoms with Crippen LogP contribution >= 0.6 is 0 Å². The van der Waals surface area contributed by atoms with Gasteiger partial charge in [-0.2, -0.15) is 5.26 Å². The number of rotatable bonds is 5. The number of carbonyl (C=O) groups excluding carboxylic acids is 2. The molecule has 6 nitrogen and oxygen atoms in total. The molecule has 1 aromatic rings. The Morgan fingerprint density at radius 1 is 1.27 bits per heavy atom. The molecule has 2 amide bonds. The summed E-state index contributed by atoms with van der Waals surface area (Å²) in [5.74, 6) is -0.106. The molecule has 136 valence electrons. The van der Waals surface area contributed by atoms with Crippen LogP contribution in [0.3, 0.4) is 0 Å². The van der Waals surface area contributed by atoms with Crippen LogP contribution in [-0.4, -0.2) is 65.8 Å². The Bertz CT molecular complexity index is 732. The van der Waals surface area contributed by atoms with E-state index in [1.165, 1.54) is 0 Å². The highest BCUT2D eigenvalue weighted by Crippen LogP contribution is 2.21. The van der Waals surface area contributed by atoms with Crippen molar-refractivity contribution in [2.24, 2.45) is 5.92 Å². The van der Waals surface area contributed by atoms with Crippen molar-refractivity contribution >= 4 is 11.8 Å². The third kappa shape index (κ3) is 3.94. The van der Waals surface area contributed by atoms with Crippen LogP contribution < -0.4 is 0 Å². The first-order valence-corrected chi connectivity index (χ1v) is 9.00. The lowest BCUT2D eigenvalue weighted by molar-refractivity contribution is -0.137. The van der Waals surface area contributed by atoms with Gasteiger partial charge in [0.05, 0.1) is 17.6 Å². The number of hydrogen-bond donors (Lipinski definition) is 0. The molecule has 0 radical (unpaired) electrons. The molecule has 0 spiro atoms. The summed E-state index contributed by atoms with van der Waals surface area (Å²) in [4.78, 5) is 30.5. The molecule has 0 saturated carbocycles. The van der Waals surface area contributed by atoms with Crippen LogP contribution in [0.25, 0.3) is 0 Å². The summed E-state index contributed by atoms with van der Waals surface area (Å²) >= 11 is 0. The summed E-state index contributed by atoms with van der Waals surface area (Å²) in [6, 6.07) is 9.87. The van der Waals surface area contributed by atoms with Gasteiger partial charge in [0.2, 0.25) is 11.8 Å². The molecule has 26 heavy (non-hydrogen) atoms. The first-order chi connectivity index (χ1) is 12.6. The van der Waals surface area contributed by atoms with Gasteiger partial charge >= 0.3 is 0 Å². The van der Waals surface area contributed by atoms with E-state index in [1.807, 2.05) is 29.2 Å². The smallest absolute Gasteiger partial charge is 0.228 e. The Hall–Kier alpha value is -2.65. The van der Waals surface area contributed by atoms with E-state index in [2.05, 4.69) is 17.5 Å². The van der Waals surface area contributed by atoms with Crippen molar-refractivity contribution in [1.29, 1.82) is 5.26 Å². The topological polar surface area (TPSA) is 67.7 Å². The number of carbonyl (C=O) groups is 2. The average Bonchev–Trinajstić information content (AvgIpc) is 3.03. The number of nitriles is 1. The van der Waals surface area contributed by atoms with Gasteiger partial charge in [-0.05, 0) is 11.6 Å². The van der Waals surface area contributed by atoms with Crippen molar-refractivity contribution in [2.75, 3.05) is 39.3 Å². The summed E-state index contributed by atoms with van der Waals surface area (Å²) in [5.41, 5.74) is 1.73. The summed E-state index contributed by atoms with van der Waals surface area (Å²) in [6.45, 7) is 8.28. The van der Waals surface area contributed by atoms with Gasteiger partial charge in [0.25, 0.3) is 0 Å². The second-order valence-corrected chi connectivity index (χ2v) is 6.86. The van der Waals surface area contributed by atoms with E-state index in [0.717, 1.165) is 25.2 Å². The van der Waals surface area contributed by atoms with Gasteiger partial charge in [0.1, 0.15) is 0 Å². The van der Waals surface area contributed by atoms with Crippen molar-refractivity contribution in [3.63, 3.8) is 0 Å². The molecule has 2 heterocycles. The van der Waals surface area contributed by atoms with Gasteiger partial charge in [0, 0.05) is 52.2 Å². The van der Waals surface area contributed by atoms with Gasteiger partial charge in [-0.1, -0.05) is 24.3 Å². The second-order valence-electron chi connectivity index (χ2n) is 6.86. The number of nitrogens with zero attached hydrogens (tertiary/aromatic N) is 4. The highest BCUT2D eigenvalue weighted by molar-refractivity contribution is 5.89. The van der Waals surface area contributed by atoms with Gasteiger partial charge in [-0.25, -0.2) is 0 Å². The summed E-state index contributed by atoms with van der Waals surface area (Å²) < 4.78 is 0. The summed E-state index contributed by atoms with van der Waals surface area (Å²) in [6.07, 6.45) is 2.00. The molecular weight excluding hydrogens is 328 g/mol. The lowest BCUT2D eigenvalue weighted by Gasteiger charge is -2.36. The quantitative estimate of drug-likeness (QED) is 0.748. The predicted octanol–water partition coefficient (Wildman–Crippen LogP) is 1.24. The Labute approximate surface area is 154 Å². The minimum Gasteiger partial charge on any atom is -0.340 e. The number of hydrogen-bond acceptors (Lipinski definition) is 4. The number of benzene rings is 1. The lowest BCUT2D eigenvalue weighted by Crippen LogP contribution is -2.50. The summed E-state index contributed by atoms with van der Waals surface area (Å²) in [5, 5.41) is 9.21. The zero-order chi connectivity index (χ0) is 18.5. The zero-order valence-corrected chi connectivity index (χ0v) is 14.9. The molecule has 0 unspecified atom stereocenters. The lowest BCUT2D eigenvalue weighted by atomic mass is 10.1. The molecule has 2 aliphatic rings. The summed E-state index contributed by atoms with van der Waals surface area (Å²) in [7, 11) is 0. The maximum Gasteiger partial charge on any atom is 0.228 e. The standard InChI is InChI=1S/C20H24N4O2/c1-2-7-24-15-18(12-19(24)25)20(26)23-10-8-22(9-11-23)14-17-6-4-3-5-16(17)13-21/h2-6,18H,1,7-12,14-15H2/t18-/m0/s1. The average molecular weight is 352 g/mol. The van der Waals surface area contributed by atoms with Gasteiger partial charge in [-0.3, -0.25) is 14.5 Å². The third-order valence-electron chi connectivity index (χ3n) is 5.13. The van der Waals surface area contributed by atoms with Gasteiger partial charge in [0.15, 0.2) is 0 Å². The van der Waals surface area contributed by atoms with E-state index in [1.54, 1.807) is 11.0 Å². The van der Waals surface area contributed by atoms with E-state index >= 15 is 0 Å². The third-order valence-corrected chi connectivity index (χ3v) is 5.13. The highest BCUT2D eigenvalue weighted by Gasteiger charge is 2.36. The van der Waals surface area contributed by atoms with Crippen molar-refractivity contribution in [3.05, 3.63) is 48.0 Å². The van der Waals surface area contributed by atoms with E-state index in [-0.39, 0.29) is 17.7 Å².